The largest absolute Gasteiger partial charge is 0.383 e. The lowest BCUT2D eigenvalue weighted by Crippen LogP contribution is -2.52. The van der Waals surface area contributed by atoms with E-state index >= 15 is 0 Å². The van der Waals surface area contributed by atoms with Crippen molar-refractivity contribution in [3.8, 4) is 0 Å². The van der Waals surface area contributed by atoms with Crippen LogP contribution in [0.15, 0.2) is 0 Å². The number of likely N-dealkylation sites (N-methyl/N-ethyl adjacent to an activating group) is 1. The van der Waals surface area contributed by atoms with Gasteiger partial charge in [0.15, 0.2) is 0 Å². The van der Waals surface area contributed by atoms with Crippen LogP contribution < -0.4 is 0 Å². The van der Waals surface area contributed by atoms with E-state index in [4.69, 9.17) is 25.7 Å². The first-order valence-corrected chi connectivity index (χ1v) is 4.18. The molecule has 0 saturated heterocycles. The fraction of sp³-hybridized carbons (Fsp3) is 0.857. The van der Waals surface area contributed by atoms with Gasteiger partial charge in [-0.05, 0) is 6.92 Å². The van der Waals surface area contributed by atoms with Gasteiger partial charge in [-0.2, -0.15) is 0 Å². The Labute approximate surface area is 86.1 Å². The zero-order valence-corrected chi connectivity index (χ0v) is 8.40. The lowest BCUT2D eigenvalue weighted by Gasteiger charge is -2.29. The average Bonchev–Trinajstić information content (AvgIpc) is 2.18. The second-order valence-electron chi connectivity index (χ2n) is 2.76. The van der Waals surface area contributed by atoms with Crippen LogP contribution in [0.3, 0.4) is 0 Å². The molecule has 0 aromatic heterocycles. The summed E-state index contributed by atoms with van der Waals surface area (Å²) in [7, 11) is 11.9. The highest BCUT2D eigenvalue weighted by Gasteiger charge is 2.31. The number of carbonyl (C=O) groups excluding carboxylic acids is 1. The molecule has 1 amide bonds. The van der Waals surface area contributed by atoms with Crippen molar-refractivity contribution in [3.05, 3.63) is 0 Å². The van der Waals surface area contributed by atoms with Gasteiger partial charge in [-0.15, -0.1) is 0 Å². The molecule has 1 N–H and O–H groups in total. The van der Waals surface area contributed by atoms with E-state index in [0.717, 1.165) is 0 Å². The van der Waals surface area contributed by atoms with E-state index in [2.05, 4.69) is 4.89 Å². The summed E-state index contributed by atoms with van der Waals surface area (Å²) >= 11 is 0. The number of hydrogen-bond donors (Lipinski definition) is 1. The van der Waals surface area contributed by atoms with Gasteiger partial charge >= 0.3 is 0 Å². The van der Waals surface area contributed by atoms with Crippen molar-refractivity contribution in [2.24, 2.45) is 0 Å². The molecule has 0 heterocycles. The first-order chi connectivity index (χ1) is 6.49. The summed E-state index contributed by atoms with van der Waals surface area (Å²) in [6, 6.07) is 0. The maximum Gasteiger partial charge on any atom is 0.238 e. The van der Waals surface area contributed by atoms with Crippen molar-refractivity contribution in [1.29, 1.82) is 0 Å². The summed E-state index contributed by atoms with van der Waals surface area (Å²) in [5.41, 5.74) is 0. The molecule has 7 heteroatoms. The van der Waals surface area contributed by atoms with E-state index in [1.165, 1.54) is 12.0 Å². The van der Waals surface area contributed by atoms with Crippen LogP contribution >= 0.6 is 0 Å². The smallest absolute Gasteiger partial charge is 0.238 e. The standard InChI is InChI=1S/C7H13B2NO4/c1-3-10(4-5-13-2)6(11)7(8,9)14-12/h12H,3-5H2,1-2H3. The fourth-order valence-electron chi connectivity index (χ4n) is 0.891. The third-order valence-electron chi connectivity index (χ3n) is 1.72. The topological polar surface area (TPSA) is 59.0 Å². The van der Waals surface area contributed by atoms with Gasteiger partial charge in [-0.25, -0.2) is 4.89 Å². The highest BCUT2D eigenvalue weighted by atomic mass is 17.1. The van der Waals surface area contributed by atoms with Gasteiger partial charge in [-0.1, -0.05) is 0 Å². The van der Waals surface area contributed by atoms with Crippen molar-refractivity contribution in [1.82, 2.24) is 4.90 Å². The third-order valence-corrected chi connectivity index (χ3v) is 1.72. The van der Waals surface area contributed by atoms with E-state index in [9.17, 15) is 4.79 Å². The van der Waals surface area contributed by atoms with E-state index in [1.54, 1.807) is 6.92 Å². The summed E-state index contributed by atoms with van der Waals surface area (Å²) in [6.45, 7) is 2.86. The van der Waals surface area contributed by atoms with Crippen molar-refractivity contribution < 1.29 is 19.7 Å². The van der Waals surface area contributed by atoms with Gasteiger partial charge < -0.3 is 9.64 Å². The lowest BCUT2D eigenvalue weighted by molar-refractivity contribution is -0.267. The third kappa shape index (κ3) is 3.69. The summed E-state index contributed by atoms with van der Waals surface area (Å²) in [6.07, 6.45) is 0. The van der Waals surface area contributed by atoms with Crippen LogP contribution in [-0.4, -0.2) is 64.0 Å². The van der Waals surface area contributed by atoms with Gasteiger partial charge in [0, 0.05) is 20.2 Å². The Morgan fingerprint density at radius 1 is 1.57 bits per heavy atom. The minimum Gasteiger partial charge on any atom is -0.383 e. The quantitative estimate of drug-likeness (QED) is 0.335. The molecule has 76 valence electrons. The minimum absolute atomic E-state index is 0.339. The molecule has 0 fully saturated rings. The molecule has 0 aliphatic rings. The predicted molar refractivity (Wildman–Crippen MR) is 52.1 cm³/mol. The molecule has 14 heavy (non-hydrogen) atoms. The van der Waals surface area contributed by atoms with E-state index in [-0.39, 0.29) is 0 Å². The maximum absolute atomic E-state index is 11.5. The zero-order chi connectivity index (χ0) is 11.2. The van der Waals surface area contributed by atoms with Gasteiger partial charge in [0.2, 0.25) is 5.91 Å². The number of rotatable bonds is 6. The van der Waals surface area contributed by atoms with Gasteiger partial charge in [-0.3, -0.25) is 10.1 Å². The molecule has 0 aromatic carbocycles. The van der Waals surface area contributed by atoms with E-state index in [1.807, 2.05) is 0 Å². The SMILES string of the molecule is [B]C([B])(OO)C(=O)N(CC)CCOC. The van der Waals surface area contributed by atoms with Crippen molar-refractivity contribution >= 4 is 21.6 Å². The Hall–Kier alpha value is -0.520. The van der Waals surface area contributed by atoms with Gasteiger partial charge in [0.25, 0.3) is 0 Å². The highest BCUT2D eigenvalue weighted by molar-refractivity contribution is 6.49. The Morgan fingerprint density at radius 3 is 2.50 bits per heavy atom. The van der Waals surface area contributed by atoms with Crippen molar-refractivity contribution in [3.63, 3.8) is 0 Å². The van der Waals surface area contributed by atoms with E-state index in [0.29, 0.717) is 19.7 Å². The van der Waals surface area contributed by atoms with Crippen LogP contribution in [0.1, 0.15) is 6.92 Å². The number of ether oxygens (including phenoxy) is 1. The Balaban J connectivity index is 4.30. The monoisotopic (exact) mass is 197 g/mol. The molecular formula is C7H13B2NO4. The molecule has 0 spiro atoms. The number of hydrogen-bond acceptors (Lipinski definition) is 4. The Morgan fingerprint density at radius 2 is 2.14 bits per heavy atom. The fourth-order valence-corrected chi connectivity index (χ4v) is 0.891. The lowest BCUT2D eigenvalue weighted by atomic mass is 9.64. The molecule has 5 nitrogen and oxygen atoms in total. The average molecular weight is 197 g/mol. The molecular weight excluding hydrogens is 184 g/mol. The molecule has 0 aliphatic heterocycles. The first kappa shape index (κ1) is 13.5. The summed E-state index contributed by atoms with van der Waals surface area (Å²) in [4.78, 5) is 16.5. The highest BCUT2D eigenvalue weighted by Crippen LogP contribution is 2.04. The zero-order valence-electron chi connectivity index (χ0n) is 8.40. The van der Waals surface area contributed by atoms with Crippen LogP contribution in [0.5, 0.6) is 0 Å². The second-order valence-corrected chi connectivity index (χ2v) is 2.76. The normalized spacial score (nSPS) is 11.4. The second kappa shape index (κ2) is 6.06. The summed E-state index contributed by atoms with van der Waals surface area (Å²) in [5.74, 6) is -0.695. The van der Waals surface area contributed by atoms with Crippen LogP contribution in [-0.2, 0) is 14.4 Å². The van der Waals surface area contributed by atoms with Crippen LogP contribution in [0.25, 0.3) is 0 Å². The molecule has 4 radical (unpaired) electrons. The van der Waals surface area contributed by atoms with Crippen LogP contribution in [0.4, 0.5) is 0 Å². The number of methoxy groups -OCH3 is 1. The summed E-state index contributed by atoms with van der Waals surface area (Å²) < 4.78 is 4.79. The van der Waals surface area contributed by atoms with Gasteiger partial charge in [0.1, 0.15) is 15.7 Å². The molecule has 0 aromatic rings. The molecule has 0 bridgehead atoms. The predicted octanol–water partition coefficient (Wildman–Crippen LogP) is -1.04. The Bertz CT molecular complexity index is 189. The number of amides is 1. The molecule has 0 aliphatic carbocycles. The van der Waals surface area contributed by atoms with Crippen LogP contribution in [0, 0.1) is 0 Å². The van der Waals surface area contributed by atoms with Crippen molar-refractivity contribution in [2.45, 2.75) is 12.3 Å². The number of carbonyl (C=O) groups is 1. The molecule has 0 rings (SSSR count). The molecule has 0 atom stereocenters. The van der Waals surface area contributed by atoms with Gasteiger partial charge in [0.05, 0.1) is 12.0 Å². The van der Waals surface area contributed by atoms with Crippen molar-refractivity contribution in [2.75, 3.05) is 26.8 Å². The summed E-state index contributed by atoms with van der Waals surface area (Å²) in [5, 5.41) is 6.11. The Kier molecular flexibility index (Phi) is 5.83. The minimum atomic E-state index is -2.19. The van der Waals surface area contributed by atoms with Crippen LogP contribution in [0.2, 0.25) is 0 Å². The van der Waals surface area contributed by atoms with E-state index < -0.39 is 11.3 Å². The molecule has 0 saturated carbocycles. The maximum atomic E-state index is 11.5. The number of nitrogens with zero attached hydrogens (tertiary/aromatic N) is 1. The first-order valence-electron chi connectivity index (χ1n) is 4.18. The molecule has 0 unspecified atom stereocenters.